The molecule has 0 saturated heterocycles. The van der Waals surface area contributed by atoms with Gasteiger partial charge in [0.2, 0.25) is 20.0 Å². The number of hydrogen-bond donors (Lipinski definition) is 5. The third kappa shape index (κ3) is 21.3. The van der Waals surface area contributed by atoms with Crippen LogP contribution in [0.4, 0.5) is 16.2 Å². The summed E-state index contributed by atoms with van der Waals surface area (Å²) in [6.45, 7) is 1.74. The standard InChI is InChI=1S/C68H76N4O10S2/c73-64(60-36-38-66(80-50-57-26-10-3-11-27-57)62(46-60)70-83(76,77)44-40-53-20-6-1-7-21-53)48-72(43-19-17-25-56-34-32-55(33-35-56)24-16-18-42-69-68(75)82-52-59-30-14-5-15-31-59)49-65(74)61-37-39-67(81-51-58-28-12-4-13-29-58)63(47-61)71-84(78,79)45-41-54-22-8-2-9-23-54/h1-15,20-23,26-39,46-47,64-65,70-71,73-74H,16-19,24-25,40-45,48-52H2,(H,69,75)/t64-,65-/m1/s1. The first kappa shape index (κ1) is 62.1. The van der Waals surface area contributed by atoms with E-state index in [4.69, 9.17) is 14.2 Å². The zero-order valence-corrected chi connectivity index (χ0v) is 48.9. The Morgan fingerprint density at radius 1 is 0.429 bits per heavy atom. The number of unbranched alkanes of at least 4 members (excludes halogenated alkanes) is 2. The van der Waals surface area contributed by atoms with Gasteiger partial charge in [0.05, 0.1) is 35.1 Å². The van der Waals surface area contributed by atoms with E-state index < -0.39 is 38.3 Å². The van der Waals surface area contributed by atoms with E-state index in [1.165, 1.54) is 11.1 Å². The predicted molar refractivity (Wildman–Crippen MR) is 333 cm³/mol. The molecule has 0 aliphatic carbocycles. The Bertz CT molecular complexity index is 3300. The largest absolute Gasteiger partial charge is 0.487 e. The second-order valence-corrected chi connectivity index (χ2v) is 24.6. The van der Waals surface area contributed by atoms with Gasteiger partial charge in [0.1, 0.15) is 31.3 Å². The molecule has 8 aromatic carbocycles. The average molecular weight is 1170 g/mol. The molecule has 0 unspecified atom stereocenters. The first-order chi connectivity index (χ1) is 40.8. The maximum absolute atomic E-state index is 13.7. The van der Waals surface area contributed by atoms with Crippen LogP contribution in [0.25, 0.3) is 0 Å². The zero-order chi connectivity index (χ0) is 58.8. The Balaban J connectivity index is 0.954. The number of benzene rings is 8. The molecule has 0 aliphatic rings. The van der Waals surface area contributed by atoms with Crippen molar-refractivity contribution < 1.29 is 46.1 Å². The highest BCUT2D eigenvalue weighted by Gasteiger charge is 2.23. The number of carbonyl (C=O) groups is 1. The van der Waals surface area contributed by atoms with Crippen LogP contribution in [0.2, 0.25) is 0 Å². The number of aryl methyl sites for hydroxylation is 4. The molecule has 0 spiro atoms. The predicted octanol–water partition coefficient (Wildman–Crippen LogP) is 12.2. The van der Waals surface area contributed by atoms with Gasteiger partial charge in [-0.1, -0.05) is 188 Å². The third-order valence-electron chi connectivity index (χ3n) is 14.2. The molecule has 0 heterocycles. The van der Waals surface area contributed by atoms with Gasteiger partial charge in [0.15, 0.2) is 0 Å². The first-order valence-corrected chi connectivity index (χ1v) is 31.9. The minimum atomic E-state index is -3.88. The van der Waals surface area contributed by atoms with Gasteiger partial charge in [-0.15, -0.1) is 0 Å². The van der Waals surface area contributed by atoms with Crippen LogP contribution in [0.3, 0.4) is 0 Å². The fraction of sp³-hybridized carbons (Fsp3) is 0.279. The van der Waals surface area contributed by atoms with Crippen molar-refractivity contribution in [2.24, 2.45) is 0 Å². The van der Waals surface area contributed by atoms with E-state index in [1.807, 2.05) is 157 Å². The Hall–Kier alpha value is -7.99. The van der Waals surface area contributed by atoms with Gasteiger partial charge in [-0.3, -0.25) is 14.3 Å². The van der Waals surface area contributed by atoms with Crippen molar-refractivity contribution in [3.05, 3.63) is 262 Å². The molecule has 8 aromatic rings. The van der Waals surface area contributed by atoms with Crippen molar-refractivity contribution in [1.29, 1.82) is 0 Å². The lowest BCUT2D eigenvalue weighted by Crippen LogP contribution is -2.34. The molecule has 0 bridgehead atoms. The number of amides is 1. The second-order valence-electron chi connectivity index (χ2n) is 20.9. The number of aliphatic hydroxyl groups is 2. The zero-order valence-electron chi connectivity index (χ0n) is 47.3. The molecular formula is C68H76N4O10S2. The molecule has 440 valence electrons. The lowest BCUT2D eigenvalue weighted by molar-refractivity contribution is 0.0678. The summed E-state index contributed by atoms with van der Waals surface area (Å²) < 4.78 is 78.0. The lowest BCUT2D eigenvalue weighted by Gasteiger charge is -2.28. The van der Waals surface area contributed by atoms with Gasteiger partial charge in [-0.05, 0) is 132 Å². The summed E-state index contributed by atoms with van der Waals surface area (Å²) in [6, 6.07) is 66.0. The van der Waals surface area contributed by atoms with Crippen molar-refractivity contribution in [3.63, 3.8) is 0 Å². The van der Waals surface area contributed by atoms with E-state index in [0.29, 0.717) is 55.0 Å². The number of nitrogens with zero attached hydrogens (tertiary/aromatic N) is 1. The minimum Gasteiger partial charge on any atom is -0.487 e. The quantitative estimate of drug-likeness (QED) is 0.0241. The van der Waals surface area contributed by atoms with E-state index in [2.05, 4.69) is 39.0 Å². The summed E-state index contributed by atoms with van der Waals surface area (Å²) >= 11 is 0. The molecule has 2 atom stereocenters. The number of alkyl carbamates (subject to hydrolysis) is 1. The number of carbonyl (C=O) groups excluding carboxylic acids is 1. The van der Waals surface area contributed by atoms with Crippen LogP contribution in [0, 0.1) is 0 Å². The summed E-state index contributed by atoms with van der Waals surface area (Å²) in [4.78, 5) is 14.1. The van der Waals surface area contributed by atoms with Gasteiger partial charge in [0, 0.05) is 19.6 Å². The van der Waals surface area contributed by atoms with E-state index >= 15 is 0 Å². The second kappa shape index (κ2) is 32.2. The number of aliphatic hydroxyl groups excluding tert-OH is 2. The summed E-state index contributed by atoms with van der Waals surface area (Å²) in [7, 11) is -7.77. The van der Waals surface area contributed by atoms with E-state index in [0.717, 1.165) is 59.9 Å². The summed E-state index contributed by atoms with van der Waals surface area (Å²) in [5, 5.41) is 27.1. The van der Waals surface area contributed by atoms with Crippen molar-refractivity contribution in [3.8, 4) is 11.5 Å². The number of anilines is 2. The van der Waals surface area contributed by atoms with Gasteiger partial charge in [0.25, 0.3) is 0 Å². The average Bonchev–Trinajstić information content (AvgIpc) is 3.69. The number of rotatable bonds is 34. The van der Waals surface area contributed by atoms with Crippen molar-refractivity contribution in [2.75, 3.05) is 47.1 Å². The van der Waals surface area contributed by atoms with Crippen molar-refractivity contribution in [1.82, 2.24) is 10.2 Å². The van der Waals surface area contributed by atoms with Crippen LogP contribution < -0.4 is 24.2 Å². The number of nitrogens with one attached hydrogen (secondary N) is 3. The number of sulfonamides is 2. The monoisotopic (exact) mass is 1170 g/mol. The lowest BCUT2D eigenvalue weighted by atomic mass is 10.0. The SMILES string of the molecule is O=C(NCCCCc1ccc(CCCCN(C[C@@H](O)c2ccc(OCc3ccccc3)c(NS(=O)(=O)CCc3ccccc3)c2)C[C@@H](O)c2ccc(OCc3ccccc3)c(NS(=O)(=O)CCc3ccccc3)c2)cc1)OCc1ccccc1. The van der Waals surface area contributed by atoms with E-state index in [1.54, 1.807) is 36.4 Å². The van der Waals surface area contributed by atoms with Gasteiger partial charge in [-0.2, -0.15) is 0 Å². The Labute approximate surface area is 495 Å². The van der Waals surface area contributed by atoms with Crippen LogP contribution in [0.1, 0.15) is 88.0 Å². The number of hydrogen-bond acceptors (Lipinski definition) is 11. The van der Waals surface area contributed by atoms with Gasteiger partial charge < -0.3 is 29.7 Å². The smallest absolute Gasteiger partial charge is 0.407 e. The molecule has 16 heteroatoms. The molecule has 0 aromatic heterocycles. The Morgan fingerprint density at radius 3 is 1.21 bits per heavy atom. The summed E-state index contributed by atoms with van der Waals surface area (Å²) in [5.41, 5.74) is 8.12. The highest BCUT2D eigenvalue weighted by molar-refractivity contribution is 7.93. The fourth-order valence-corrected chi connectivity index (χ4v) is 11.7. The maximum Gasteiger partial charge on any atom is 0.407 e. The first-order valence-electron chi connectivity index (χ1n) is 28.6. The molecular weight excluding hydrogens is 1100 g/mol. The van der Waals surface area contributed by atoms with Crippen molar-refractivity contribution >= 4 is 37.5 Å². The normalized spacial score (nSPS) is 12.3. The Morgan fingerprint density at radius 2 is 0.798 bits per heavy atom. The highest BCUT2D eigenvalue weighted by Crippen LogP contribution is 2.33. The van der Waals surface area contributed by atoms with Crippen LogP contribution in [-0.4, -0.2) is 75.7 Å². The van der Waals surface area contributed by atoms with Gasteiger partial charge >= 0.3 is 6.09 Å². The molecule has 0 saturated carbocycles. The topological polar surface area (TPSA) is 193 Å². The van der Waals surface area contributed by atoms with Gasteiger partial charge in [-0.25, -0.2) is 21.6 Å². The van der Waals surface area contributed by atoms with Crippen LogP contribution >= 0.6 is 0 Å². The number of ether oxygens (including phenoxy) is 3. The molecule has 0 radical (unpaired) electrons. The molecule has 8 rings (SSSR count). The minimum absolute atomic E-state index is 0.0673. The highest BCUT2D eigenvalue weighted by atomic mass is 32.2. The van der Waals surface area contributed by atoms with E-state index in [-0.39, 0.29) is 55.8 Å². The molecule has 14 nitrogen and oxygen atoms in total. The van der Waals surface area contributed by atoms with E-state index in [9.17, 15) is 31.8 Å². The van der Waals surface area contributed by atoms with Crippen molar-refractivity contribution in [2.45, 2.75) is 83.4 Å². The maximum atomic E-state index is 13.7. The summed E-state index contributed by atoms with van der Waals surface area (Å²) in [5.74, 6) is 0.243. The fourth-order valence-electron chi connectivity index (χ4n) is 9.54. The van der Waals surface area contributed by atoms with Crippen LogP contribution in [0.5, 0.6) is 11.5 Å². The van der Waals surface area contributed by atoms with Crippen LogP contribution in [0.15, 0.2) is 212 Å². The molecule has 5 N–H and O–H groups in total. The molecule has 1 amide bonds. The molecule has 84 heavy (non-hydrogen) atoms. The molecule has 0 aliphatic heterocycles. The molecule has 0 fully saturated rings. The summed E-state index contributed by atoms with van der Waals surface area (Å²) in [6.07, 6.45) is 2.79. The third-order valence-corrected chi connectivity index (χ3v) is 16.8. The Kier molecular flexibility index (Phi) is 23.8. The van der Waals surface area contributed by atoms with Crippen LogP contribution in [-0.2, 0) is 70.3 Å².